The van der Waals surface area contributed by atoms with Crippen molar-refractivity contribution in [2.75, 3.05) is 19.8 Å². The smallest absolute Gasteiger partial charge is 0.243 e. The topological polar surface area (TPSA) is 81.6 Å². The van der Waals surface area contributed by atoms with Crippen LogP contribution in [0.5, 0.6) is 11.6 Å². The molecule has 0 aliphatic carbocycles. The van der Waals surface area contributed by atoms with Crippen LogP contribution in [-0.2, 0) is 10.0 Å². The molecule has 2 aliphatic heterocycles. The summed E-state index contributed by atoms with van der Waals surface area (Å²) in [7, 11) is -3.75. The van der Waals surface area contributed by atoms with E-state index in [0.717, 1.165) is 11.3 Å². The van der Waals surface area contributed by atoms with Crippen molar-refractivity contribution in [3.8, 4) is 11.6 Å². The van der Waals surface area contributed by atoms with Gasteiger partial charge in [0.25, 0.3) is 0 Å². The quantitative estimate of drug-likeness (QED) is 0.561. The van der Waals surface area contributed by atoms with Crippen LogP contribution < -0.4 is 9.47 Å². The largest absolute Gasteiger partial charge is 0.493 e. The highest BCUT2D eigenvalue weighted by Gasteiger charge is 2.51. The van der Waals surface area contributed by atoms with Crippen molar-refractivity contribution in [1.29, 1.82) is 0 Å². The standard InChI is InChI=1S/C23H22ClN3O4S/c1-15-25-11-10-22(26-15)31-13-16-12-27(32(28,29)18-8-6-17(24)7-9-18)23-19-4-2-3-5-21(19)30-14-20(16)23/h2-11,16,20,23H,12-14H2,1H3/t16-,20-,23-/m0/s1. The van der Waals surface area contributed by atoms with Gasteiger partial charge < -0.3 is 9.47 Å². The van der Waals surface area contributed by atoms with Crippen LogP contribution in [0.3, 0.4) is 0 Å². The number of benzene rings is 2. The van der Waals surface area contributed by atoms with Gasteiger partial charge in [0.05, 0.1) is 24.2 Å². The molecule has 3 atom stereocenters. The van der Waals surface area contributed by atoms with Gasteiger partial charge in [-0.2, -0.15) is 9.29 Å². The number of para-hydroxylation sites is 1. The summed E-state index contributed by atoms with van der Waals surface area (Å²) in [5.74, 6) is 1.71. The molecule has 1 fully saturated rings. The molecule has 2 aliphatic rings. The van der Waals surface area contributed by atoms with Gasteiger partial charge in [-0.05, 0) is 37.3 Å². The van der Waals surface area contributed by atoms with Crippen LogP contribution >= 0.6 is 11.6 Å². The minimum atomic E-state index is -3.75. The summed E-state index contributed by atoms with van der Waals surface area (Å²) in [6.07, 6.45) is 1.65. The van der Waals surface area contributed by atoms with Crippen LogP contribution in [0.15, 0.2) is 65.7 Å². The zero-order valence-electron chi connectivity index (χ0n) is 17.4. The number of aryl methyl sites for hydroxylation is 1. The molecule has 3 aromatic rings. The predicted molar refractivity (Wildman–Crippen MR) is 119 cm³/mol. The Balaban J connectivity index is 1.49. The van der Waals surface area contributed by atoms with Crippen LogP contribution in [0.4, 0.5) is 0 Å². The van der Waals surface area contributed by atoms with E-state index in [9.17, 15) is 8.42 Å². The Morgan fingerprint density at radius 3 is 2.72 bits per heavy atom. The molecule has 0 unspecified atom stereocenters. The lowest BCUT2D eigenvalue weighted by molar-refractivity contribution is 0.134. The van der Waals surface area contributed by atoms with Crippen LogP contribution in [0, 0.1) is 18.8 Å². The highest BCUT2D eigenvalue weighted by molar-refractivity contribution is 7.89. The fourth-order valence-electron chi connectivity index (χ4n) is 4.48. The summed E-state index contributed by atoms with van der Waals surface area (Å²) in [6, 6.07) is 15.3. The second-order valence-corrected chi connectivity index (χ2v) is 10.3. The van der Waals surface area contributed by atoms with E-state index in [1.165, 1.54) is 0 Å². The first-order chi connectivity index (χ1) is 15.4. The van der Waals surface area contributed by atoms with E-state index in [1.807, 2.05) is 24.3 Å². The maximum absolute atomic E-state index is 13.7. The van der Waals surface area contributed by atoms with E-state index in [-0.39, 0.29) is 22.8 Å². The first-order valence-electron chi connectivity index (χ1n) is 10.3. The third kappa shape index (κ3) is 3.83. The molecule has 0 saturated carbocycles. The molecule has 5 rings (SSSR count). The number of fused-ring (bicyclic) bond motifs is 3. The molecule has 0 N–H and O–H groups in total. The number of nitrogens with zero attached hydrogens (tertiary/aromatic N) is 3. The molecule has 1 saturated heterocycles. The summed E-state index contributed by atoms with van der Waals surface area (Å²) in [5.41, 5.74) is 0.877. The number of ether oxygens (including phenoxy) is 2. The second-order valence-electron chi connectivity index (χ2n) is 8.00. The van der Waals surface area contributed by atoms with Crippen LogP contribution in [0.1, 0.15) is 17.4 Å². The molecule has 32 heavy (non-hydrogen) atoms. The minimum Gasteiger partial charge on any atom is -0.493 e. The van der Waals surface area contributed by atoms with E-state index in [0.29, 0.717) is 36.5 Å². The third-order valence-electron chi connectivity index (χ3n) is 6.02. The van der Waals surface area contributed by atoms with Crippen LogP contribution in [-0.4, -0.2) is 42.4 Å². The molecule has 9 heteroatoms. The van der Waals surface area contributed by atoms with Crippen LogP contribution in [0.2, 0.25) is 5.02 Å². The van der Waals surface area contributed by atoms with Crippen molar-refractivity contribution in [2.45, 2.75) is 17.9 Å². The van der Waals surface area contributed by atoms with Gasteiger partial charge in [0.1, 0.15) is 11.6 Å². The van der Waals surface area contributed by atoms with Gasteiger partial charge in [0, 0.05) is 41.2 Å². The average molecular weight is 472 g/mol. The lowest BCUT2D eigenvalue weighted by Crippen LogP contribution is -2.35. The Kier molecular flexibility index (Phi) is 5.53. The Morgan fingerprint density at radius 1 is 1.16 bits per heavy atom. The van der Waals surface area contributed by atoms with Gasteiger partial charge in [-0.15, -0.1) is 0 Å². The first kappa shape index (κ1) is 21.2. The highest BCUT2D eigenvalue weighted by Crippen LogP contribution is 2.49. The second kappa shape index (κ2) is 8.35. The van der Waals surface area contributed by atoms with Crippen molar-refractivity contribution < 1.29 is 17.9 Å². The van der Waals surface area contributed by atoms with Gasteiger partial charge in [-0.25, -0.2) is 13.4 Å². The Hall–Kier alpha value is -2.68. The van der Waals surface area contributed by atoms with E-state index >= 15 is 0 Å². The molecule has 0 bridgehead atoms. The predicted octanol–water partition coefficient (Wildman–Crippen LogP) is 3.89. The van der Waals surface area contributed by atoms with E-state index in [2.05, 4.69) is 9.97 Å². The summed E-state index contributed by atoms with van der Waals surface area (Å²) >= 11 is 5.98. The van der Waals surface area contributed by atoms with Crippen molar-refractivity contribution in [1.82, 2.24) is 14.3 Å². The first-order valence-corrected chi connectivity index (χ1v) is 12.2. The average Bonchev–Trinajstić information content (AvgIpc) is 3.18. The maximum atomic E-state index is 13.7. The van der Waals surface area contributed by atoms with Crippen molar-refractivity contribution in [3.05, 3.63) is 77.2 Å². The monoisotopic (exact) mass is 471 g/mol. The summed E-state index contributed by atoms with van der Waals surface area (Å²) in [6.45, 7) is 2.87. The molecule has 0 amide bonds. The molecule has 2 aromatic carbocycles. The SMILES string of the molecule is Cc1nccc(OC[C@@H]2CN(S(=O)(=O)c3ccc(Cl)cc3)[C@H]3c4ccccc4OC[C@@H]23)n1. The van der Waals surface area contributed by atoms with Crippen LogP contribution in [0.25, 0.3) is 0 Å². The number of aromatic nitrogens is 2. The Labute approximate surface area is 192 Å². The normalized spacial score (nSPS) is 22.6. The highest BCUT2D eigenvalue weighted by atomic mass is 35.5. The molecule has 7 nitrogen and oxygen atoms in total. The Morgan fingerprint density at radius 2 is 1.94 bits per heavy atom. The summed E-state index contributed by atoms with van der Waals surface area (Å²) in [4.78, 5) is 8.60. The summed E-state index contributed by atoms with van der Waals surface area (Å²) < 4.78 is 40.8. The Bertz CT molecular complexity index is 1240. The number of halogens is 1. The molecule has 1 aromatic heterocycles. The number of rotatable bonds is 5. The van der Waals surface area contributed by atoms with Gasteiger partial charge in [-0.3, -0.25) is 0 Å². The molecule has 166 valence electrons. The maximum Gasteiger partial charge on any atom is 0.243 e. The fourth-order valence-corrected chi connectivity index (χ4v) is 6.31. The van der Waals surface area contributed by atoms with Gasteiger partial charge >= 0.3 is 0 Å². The van der Waals surface area contributed by atoms with Crippen molar-refractivity contribution in [2.24, 2.45) is 11.8 Å². The third-order valence-corrected chi connectivity index (χ3v) is 8.13. The van der Waals surface area contributed by atoms with Gasteiger partial charge in [-0.1, -0.05) is 29.8 Å². The molecular formula is C23H22ClN3O4S. The van der Waals surface area contributed by atoms with Gasteiger partial charge in [0.2, 0.25) is 15.9 Å². The van der Waals surface area contributed by atoms with E-state index in [4.69, 9.17) is 21.1 Å². The summed E-state index contributed by atoms with van der Waals surface area (Å²) in [5, 5.41) is 0.492. The number of hydrogen-bond acceptors (Lipinski definition) is 6. The molecule has 3 heterocycles. The molecule has 0 spiro atoms. The minimum absolute atomic E-state index is 0.0464. The van der Waals surface area contributed by atoms with Crippen molar-refractivity contribution >= 4 is 21.6 Å². The lowest BCUT2D eigenvalue weighted by Gasteiger charge is -2.34. The number of sulfonamides is 1. The van der Waals surface area contributed by atoms with Crippen molar-refractivity contribution in [3.63, 3.8) is 0 Å². The van der Waals surface area contributed by atoms with E-state index in [1.54, 1.807) is 47.8 Å². The molecule has 0 radical (unpaired) electrons. The van der Waals surface area contributed by atoms with Gasteiger partial charge in [0.15, 0.2) is 0 Å². The molecular weight excluding hydrogens is 450 g/mol. The zero-order valence-corrected chi connectivity index (χ0v) is 19.0. The lowest BCUT2D eigenvalue weighted by atomic mass is 9.86. The fraction of sp³-hybridized carbons (Fsp3) is 0.304. The zero-order chi connectivity index (χ0) is 22.3. The van der Waals surface area contributed by atoms with E-state index < -0.39 is 10.0 Å². The number of hydrogen-bond donors (Lipinski definition) is 0.